The highest BCUT2D eigenvalue weighted by Gasteiger charge is 2.19. The van der Waals surface area contributed by atoms with E-state index in [-0.39, 0.29) is 6.61 Å². The number of methoxy groups -OCH3 is 2. The van der Waals surface area contributed by atoms with Crippen molar-refractivity contribution in [3.05, 3.63) is 66.0 Å². The first-order valence-corrected chi connectivity index (χ1v) is 13.0. The Bertz CT molecular complexity index is 1500. The van der Waals surface area contributed by atoms with Crippen LogP contribution in [0.1, 0.15) is 11.1 Å². The van der Waals surface area contributed by atoms with E-state index in [2.05, 4.69) is 31.2 Å². The van der Waals surface area contributed by atoms with Crippen LogP contribution >= 0.6 is 0 Å². The number of β-amino-alcohol motifs (C(OH)–C–C–N with tert-alkyl or cyclic N) is 1. The van der Waals surface area contributed by atoms with Crippen LogP contribution in [-0.2, 0) is 6.61 Å². The number of aliphatic hydroxyl groups is 1. The van der Waals surface area contributed by atoms with Crippen molar-refractivity contribution in [3.63, 3.8) is 0 Å². The smallest absolute Gasteiger partial charge is 0.212 e. The molecule has 0 atom stereocenters. The van der Waals surface area contributed by atoms with Crippen LogP contribution in [-0.4, -0.2) is 78.5 Å². The second-order valence-corrected chi connectivity index (χ2v) is 9.24. The summed E-state index contributed by atoms with van der Waals surface area (Å²) in [7, 11) is 3.16. The number of ether oxygens (including phenoxy) is 3. The Morgan fingerprint density at radius 2 is 1.82 bits per heavy atom. The van der Waals surface area contributed by atoms with E-state index >= 15 is 0 Å². The molecule has 206 valence electrons. The molecule has 4 aromatic rings. The van der Waals surface area contributed by atoms with E-state index in [1.165, 1.54) is 0 Å². The maximum Gasteiger partial charge on any atom is 0.212 e. The number of fused-ring (bicyclic) bond motifs is 1. The van der Waals surface area contributed by atoms with Gasteiger partial charge in [0.25, 0.3) is 0 Å². The van der Waals surface area contributed by atoms with Crippen LogP contribution in [0.25, 0.3) is 11.0 Å². The molecule has 0 radical (unpaired) electrons. The fourth-order valence-corrected chi connectivity index (χ4v) is 4.58. The molecule has 1 fully saturated rings. The molecule has 0 spiro atoms. The Labute approximate surface area is 232 Å². The molecule has 1 aliphatic rings. The molecule has 0 saturated carbocycles. The van der Waals surface area contributed by atoms with E-state index in [0.717, 1.165) is 43.2 Å². The number of hydrogen-bond donors (Lipinski definition) is 2. The number of pyridine rings is 1. The lowest BCUT2D eigenvalue weighted by Gasteiger charge is -2.34. The quantitative estimate of drug-likeness (QED) is 0.307. The number of nitrogens with zero attached hydrogens (tertiary/aromatic N) is 6. The lowest BCUT2D eigenvalue weighted by Crippen LogP contribution is -2.47. The topological polar surface area (TPSA) is 129 Å². The van der Waals surface area contributed by atoms with Gasteiger partial charge in [0.15, 0.2) is 11.5 Å². The molecule has 2 aromatic heterocycles. The Balaban J connectivity index is 1.33. The van der Waals surface area contributed by atoms with E-state index < -0.39 is 0 Å². The van der Waals surface area contributed by atoms with Crippen LogP contribution in [0.3, 0.4) is 0 Å². The summed E-state index contributed by atoms with van der Waals surface area (Å²) in [5.74, 6) is 2.41. The first-order chi connectivity index (χ1) is 19.6. The van der Waals surface area contributed by atoms with Gasteiger partial charge in [-0.15, -0.1) is 0 Å². The molecule has 5 rings (SSSR count). The highest BCUT2D eigenvalue weighted by molar-refractivity contribution is 5.89. The van der Waals surface area contributed by atoms with Crippen LogP contribution in [0, 0.1) is 11.3 Å². The van der Waals surface area contributed by atoms with Crippen LogP contribution < -0.4 is 24.4 Å². The third-order valence-electron chi connectivity index (χ3n) is 6.77. The third kappa shape index (κ3) is 5.98. The Kier molecular flexibility index (Phi) is 8.39. The summed E-state index contributed by atoms with van der Waals surface area (Å²) in [6.07, 6.45) is 3.46. The van der Waals surface area contributed by atoms with E-state index in [1.807, 2.05) is 36.4 Å². The summed E-state index contributed by atoms with van der Waals surface area (Å²) in [4.78, 5) is 18.0. The van der Waals surface area contributed by atoms with Gasteiger partial charge in [-0.25, -0.2) is 9.97 Å². The van der Waals surface area contributed by atoms with Crippen molar-refractivity contribution in [2.45, 2.75) is 6.61 Å². The van der Waals surface area contributed by atoms with Gasteiger partial charge in [0, 0.05) is 62.3 Å². The summed E-state index contributed by atoms with van der Waals surface area (Å²) in [5.41, 5.74) is 3.86. The van der Waals surface area contributed by atoms with Crippen molar-refractivity contribution >= 4 is 28.2 Å². The standard InChI is InChI=1S/C29H31N7O4/c1-38-26-15-21(4-7-25(26)40-19-20-3-8-28(39-2)32-17-20)33-23-5-6-24-29(22(23)16-30)34-27(18-31-24)36-11-9-35(10-12-36)13-14-37/h3-8,15,17-18,33,37H,9-14,19H2,1-2H3. The maximum atomic E-state index is 10.1. The molecule has 1 saturated heterocycles. The zero-order chi connectivity index (χ0) is 27.9. The molecular formula is C29H31N7O4. The minimum atomic E-state index is 0.153. The zero-order valence-electron chi connectivity index (χ0n) is 22.5. The Hall–Kier alpha value is -4.66. The highest BCUT2D eigenvalue weighted by Crippen LogP contribution is 2.34. The fraction of sp³-hybridized carbons (Fsp3) is 0.310. The van der Waals surface area contributed by atoms with Gasteiger partial charge < -0.3 is 29.5 Å². The minimum Gasteiger partial charge on any atom is -0.493 e. The molecule has 1 aliphatic heterocycles. The largest absolute Gasteiger partial charge is 0.493 e. The SMILES string of the molecule is COc1ccc(COc2ccc(Nc3ccc4ncc(N5CCN(CCO)CC5)nc4c3C#N)cc2OC)cn1. The highest BCUT2D eigenvalue weighted by atomic mass is 16.5. The lowest BCUT2D eigenvalue weighted by atomic mass is 10.1. The van der Waals surface area contributed by atoms with Crippen molar-refractivity contribution < 1.29 is 19.3 Å². The van der Waals surface area contributed by atoms with Gasteiger partial charge >= 0.3 is 0 Å². The molecule has 40 heavy (non-hydrogen) atoms. The second kappa shape index (κ2) is 12.5. The Morgan fingerprint density at radius 3 is 2.52 bits per heavy atom. The molecule has 0 unspecified atom stereocenters. The van der Waals surface area contributed by atoms with Gasteiger partial charge in [-0.2, -0.15) is 5.26 Å². The maximum absolute atomic E-state index is 10.1. The number of anilines is 3. The second-order valence-electron chi connectivity index (χ2n) is 9.24. The number of aliphatic hydroxyl groups excluding tert-OH is 1. The van der Waals surface area contributed by atoms with Crippen molar-refractivity contribution in [2.24, 2.45) is 0 Å². The molecule has 3 heterocycles. The van der Waals surface area contributed by atoms with Crippen LogP contribution in [0.15, 0.2) is 54.9 Å². The predicted molar refractivity (Wildman–Crippen MR) is 151 cm³/mol. The fourth-order valence-electron chi connectivity index (χ4n) is 4.58. The molecule has 2 aromatic carbocycles. The van der Waals surface area contributed by atoms with Crippen molar-refractivity contribution in [1.29, 1.82) is 5.26 Å². The average Bonchev–Trinajstić information content (AvgIpc) is 3.00. The van der Waals surface area contributed by atoms with Gasteiger partial charge in [-0.1, -0.05) is 0 Å². The van der Waals surface area contributed by atoms with E-state index in [9.17, 15) is 10.4 Å². The lowest BCUT2D eigenvalue weighted by molar-refractivity contribution is 0.188. The predicted octanol–water partition coefficient (Wildman–Crippen LogP) is 3.35. The van der Waals surface area contributed by atoms with E-state index in [0.29, 0.717) is 52.8 Å². The monoisotopic (exact) mass is 541 g/mol. The van der Waals surface area contributed by atoms with Gasteiger partial charge in [0.1, 0.15) is 29.6 Å². The summed E-state index contributed by atoms with van der Waals surface area (Å²) in [6, 6.07) is 15.2. The van der Waals surface area contributed by atoms with E-state index in [4.69, 9.17) is 19.2 Å². The normalized spacial score (nSPS) is 13.6. The average molecular weight is 542 g/mol. The van der Waals surface area contributed by atoms with Crippen LogP contribution in [0.2, 0.25) is 0 Å². The molecule has 11 nitrogen and oxygen atoms in total. The number of benzene rings is 2. The van der Waals surface area contributed by atoms with Crippen molar-refractivity contribution in [2.75, 3.05) is 63.8 Å². The van der Waals surface area contributed by atoms with Crippen molar-refractivity contribution in [1.82, 2.24) is 19.9 Å². The summed E-state index contributed by atoms with van der Waals surface area (Å²) in [5, 5.41) is 22.6. The van der Waals surface area contributed by atoms with Gasteiger partial charge in [-0.05, 0) is 30.3 Å². The molecule has 2 N–H and O–H groups in total. The molecule has 0 aliphatic carbocycles. The number of aromatic nitrogens is 3. The number of hydrogen-bond acceptors (Lipinski definition) is 11. The summed E-state index contributed by atoms with van der Waals surface area (Å²) >= 11 is 0. The number of nitriles is 1. The summed E-state index contributed by atoms with van der Waals surface area (Å²) in [6.45, 7) is 4.38. The first kappa shape index (κ1) is 26.9. The zero-order valence-corrected chi connectivity index (χ0v) is 22.5. The first-order valence-electron chi connectivity index (χ1n) is 13.0. The van der Waals surface area contributed by atoms with Crippen LogP contribution in [0.4, 0.5) is 17.2 Å². The molecular weight excluding hydrogens is 510 g/mol. The third-order valence-corrected chi connectivity index (χ3v) is 6.77. The number of nitrogens with one attached hydrogen (secondary N) is 1. The van der Waals surface area contributed by atoms with Gasteiger partial charge in [0.05, 0.1) is 38.2 Å². The molecule has 0 bridgehead atoms. The van der Waals surface area contributed by atoms with E-state index in [1.54, 1.807) is 32.7 Å². The minimum absolute atomic E-state index is 0.153. The summed E-state index contributed by atoms with van der Waals surface area (Å²) < 4.78 is 16.6. The van der Waals surface area contributed by atoms with Crippen molar-refractivity contribution in [3.8, 4) is 23.4 Å². The van der Waals surface area contributed by atoms with Gasteiger partial charge in [0.2, 0.25) is 5.88 Å². The number of rotatable bonds is 10. The van der Waals surface area contributed by atoms with Gasteiger partial charge in [-0.3, -0.25) is 9.88 Å². The molecule has 0 amide bonds. The Morgan fingerprint density at radius 1 is 0.975 bits per heavy atom. The number of piperazine rings is 1. The molecule has 11 heteroatoms. The van der Waals surface area contributed by atoms with Crippen LogP contribution in [0.5, 0.6) is 17.4 Å².